The summed E-state index contributed by atoms with van der Waals surface area (Å²) in [6.07, 6.45) is 1.59. The van der Waals surface area contributed by atoms with E-state index in [0.29, 0.717) is 28.2 Å². The summed E-state index contributed by atoms with van der Waals surface area (Å²) in [4.78, 5) is 8.32. The lowest BCUT2D eigenvalue weighted by molar-refractivity contribution is 0.324. The molecule has 0 spiro atoms. The monoisotopic (exact) mass is 280 g/mol. The number of ether oxygens (including phenoxy) is 3. The van der Waals surface area contributed by atoms with Crippen molar-refractivity contribution in [2.24, 2.45) is 0 Å². The van der Waals surface area contributed by atoms with Crippen LogP contribution in [0.5, 0.6) is 17.2 Å². The molecule has 0 N–H and O–H groups in total. The molecule has 0 unspecified atom stereocenters. The molecular formula is C13H13ClN2O3. The van der Waals surface area contributed by atoms with Crippen molar-refractivity contribution >= 4 is 11.6 Å². The second kappa shape index (κ2) is 5.75. The maximum atomic E-state index is 5.86. The van der Waals surface area contributed by atoms with Crippen LogP contribution in [0.4, 0.5) is 0 Å². The summed E-state index contributed by atoms with van der Waals surface area (Å²) in [5.41, 5.74) is 0.733. The van der Waals surface area contributed by atoms with E-state index in [1.54, 1.807) is 45.7 Å². The van der Waals surface area contributed by atoms with Crippen LogP contribution in [0.15, 0.2) is 24.4 Å². The summed E-state index contributed by atoms with van der Waals surface area (Å²) < 4.78 is 15.8. The van der Waals surface area contributed by atoms with Gasteiger partial charge in [-0.1, -0.05) is 11.6 Å². The van der Waals surface area contributed by atoms with Gasteiger partial charge in [0.2, 0.25) is 5.75 Å². The molecule has 0 aliphatic carbocycles. The topological polar surface area (TPSA) is 53.5 Å². The van der Waals surface area contributed by atoms with Crippen LogP contribution in [0, 0.1) is 0 Å². The molecule has 0 amide bonds. The van der Waals surface area contributed by atoms with E-state index in [9.17, 15) is 0 Å². The van der Waals surface area contributed by atoms with Crippen LogP contribution in [0.1, 0.15) is 0 Å². The molecule has 100 valence electrons. The average molecular weight is 281 g/mol. The van der Waals surface area contributed by atoms with Gasteiger partial charge in [-0.2, -0.15) is 0 Å². The van der Waals surface area contributed by atoms with Gasteiger partial charge >= 0.3 is 0 Å². The van der Waals surface area contributed by atoms with Gasteiger partial charge in [-0.25, -0.2) is 9.97 Å². The highest BCUT2D eigenvalue weighted by Gasteiger charge is 2.15. The smallest absolute Gasteiger partial charge is 0.203 e. The Balaban J connectivity index is 2.59. The lowest BCUT2D eigenvalue weighted by atomic mass is 10.1. The second-order valence-electron chi connectivity index (χ2n) is 3.62. The molecule has 1 aromatic heterocycles. The summed E-state index contributed by atoms with van der Waals surface area (Å²) in [5.74, 6) is 2.10. The van der Waals surface area contributed by atoms with Crippen LogP contribution >= 0.6 is 11.6 Å². The summed E-state index contributed by atoms with van der Waals surface area (Å²) in [6, 6.07) is 5.16. The van der Waals surface area contributed by atoms with Gasteiger partial charge in [0.1, 0.15) is 5.15 Å². The molecule has 0 saturated carbocycles. The van der Waals surface area contributed by atoms with Gasteiger partial charge in [-0.3, -0.25) is 0 Å². The van der Waals surface area contributed by atoms with E-state index in [-0.39, 0.29) is 0 Å². The van der Waals surface area contributed by atoms with E-state index in [2.05, 4.69) is 9.97 Å². The minimum absolute atomic E-state index is 0.374. The van der Waals surface area contributed by atoms with Crippen molar-refractivity contribution < 1.29 is 14.2 Å². The van der Waals surface area contributed by atoms with Gasteiger partial charge in [0.05, 0.1) is 21.3 Å². The molecule has 19 heavy (non-hydrogen) atoms. The molecule has 0 aliphatic heterocycles. The lowest BCUT2D eigenvalue weighted by Gasteiger charge is -2.13. The molecule has 0 radical (unpaired) electrons. The zero-order valence-corrected chi connectivity index (χ0v) is 11.6. The number of hydrogen-bond donors (Lipinski definition) is 0. The fraction of sp³-hybridized carbons (Fsp3) is 0.231. The third-order valence-corrected chi connectivity index (χ3v) is 2.76. The Hall–Kier alpha value is -2.01. The molecule has 0 bridgehead atoms. The molecule has 0 fully saturated rings. The number of halogens is 1. The van der Waals surface area contributed by atoms with Crippen molar-refractivity contribution in [1.82, 2.24) is 9.97 Å². The van der Waals surface area contributed by atoms with Gasteiger partial charge in [0.25, 0.3) is 0 Å². The van der Waals surface area contributed by atoms with E-state index >= 15 is 0 Å². The zero-order valence-electron chi connectivity index (χ0n) is 10.8. The SMILES string of the molecule is COc1cc(-c2nccc(Cl)n2)cc(OC)c1OC. The number of methoxy groups -OCH3 is 3. The predicted octanol–water partition coefficient (Wildman–Crippen LogP) is 2.82. The molecule has 6 heteroatoms. The fourth-order valence-corrected chi connectivity index (χ4v) is 1.82. The third-order valence-electron chi connectivity index (χ3n) is 2.54. The Bertz CT molecular complexity index is 565. The molecule has 0 aliphatic rings. The quantitative estimate of drug-likeness (QED) is 0.806. The van der Waals surface area contributed by atoms with Crippen molar-refractivity contribution in [3.8, 4) is 28.6 Å². The normalized spacial score (nSPS) is 10.1. The van der Waals surface area contributed by atoms with Crippen molar-refractivity contribution in [3.05, 3.63) is 29.5 Å². The van der Waals surface area contributed by atoms with E-state index < -0.39 is 0 Å². The summed E-state index contributed by atoms with van der Waals surface area (Å²) >= 11 is 5.86. The van der Waals surface area contributed by atoms with Gasteiger partial charge in [0.15, 0.2) is 17.3 Å². The highest BCUT2D eigenvalue weighted by molar-refractivity contribution is 6.29. The first kappa shape index (κ1) is 13.4. The van der Waals surface area contributed by atoms with E-state index in [1.165, 1.54) is 0 Å². The second-order valence-corrected chi connectivity index (χ2v) is 4.00. The molecule has 0 atom stereocenters. The zero-order chi connectivity index (χ0) is 13.8. The molecular weight excluding hydrogens is 268 g/mol. The van der Waals surface area contributed by atoms with E-state index in [0.717, 1.165) is 5.56 Å². The van der Waals surface area contributed by atoms with Crippen LogP contribution < -0.4 is 14.2 Å². The molecule has 1 aromatic carbocycles. The van der Waals surface area contributed by atoms with Gasteiger partial charge < -0.3 is 14.2 Å². The van der Waals surface area contributed by atoms with Crippen LogP contribution in [-0.2, 0) is 0 Å². The van der Waals surface area contributed by atoms with Crippen molar-refractivity contribution in [2.75, 3.05) is 21.3 Å². The first-order chi connectivity index (χ1) is 9.19. The number of rotatable bonds is 4. The molecule has 2 aromatic rings. The highest BCUT2D eigenvalue weighted by atomic mass is 35.5. The van der Waals surface area contributed by atoms with Crippen LogP contribution in [0.2, 0.25) is 5.15 Å². The number of nitrogens with zero attached hydrogens (tertiary/aromatic N) is 2. The van der Waals surface area contributed by atoms with Crippen LogP contribution in [-0.4, -0.2) is 31.3 Å². The molecule has 1 heterocycles. The van der Waals surface area contributed by atoms with Crippen molar-refractivity contribution in [1.29, 1.82) is 0 Å². The van der Waals surface area contributed by atoms with E-state index in [4.69, 9.17) is 25.8 Å². The Morgan fingerprint density at radius 3 is 2.11 bits per heavy atom. The Morgan fingerprint density at radius 1 is 1.00 bits per heavy atom. The summed E-state index contributed by atoms with van der Waals surface area (Å²) in [7, 11) is 4.66. The predicted molar refractivity (Wildman–Crippen MR) is 72.1 cm³/mol. The van der Waals surface area contributed by atoms with Crippen LogP contribution in [0.3, 0.4) is 0 Å². The number of aromatic nitrogens is 2. The minimum atomic E-state index is 0.374. The molecule has 0 saturated heterocycles. The maximum absolute atomic E-state index is 5.86. The maximum Gasteiger partial charge on any atom is 0.203 e. The summed E-state index contributed by atoms with van der Waals surface area (Å²) in [5, 5.41) is 0.374. The largest absolute Gasteiger partial charge is 0.493 e. The Morgan fingerprint density at radius 2 is 1.63 bits per heavy atom. The van der Waals surface area contributed by atoms with E-state index in [1.807, 2.05) is 0 Å². The minimum Gasteiger partial charge on any atom is -0.493 e. The highest BCUT2D eigenvalue weighted by Crippen LogP contribution is 2.40. The van der Waals surface area contributed by atoms with Crippen molar-refractivity contribution in [2.45, 2.75) is 0 Å². The van der Waals surface area contributed by atoms with Crippen molar-refractivity contribution in [3.63, 3.8) is 0 Å². The average Bonchev–Trinajstić information content (AvgIpc) is 2.45. The number of hydrogen-bond acceptors (Lipinski definition) is 5. The Labute approximate surface area is 116 Å². The fourth-order valence-electron chi connectivity index (χ4n) is 1.69. The van der Waals surface area contributed by atoms with Gasteiger partial charge in [-0.15, -0.1) is 0 Å². The Kier molecular flexibility index (Phi) is 4.06. The summed E-state index contributed by atoms with van der Waals surface area (Å²) in [6.45, 7) is 0. The lowest BCUT2D eigenvalue weighted by Crippen LogP contribution is -1.97. The van der Waals surface area contributed by atoms with Gasteiger partial charge in [-0.05, 0) is 18.2 Å². The number of benzene rings is 1. The molecule has 2 rings (SSSR count). The first-order valence-electron chi connectivity index (χ1n) is 5.48. The standard InChI is InChI=1S/C13H13ClN2O3/c1-17-9-6-8(7-10(18-2)12(9)19-3)13-15-5-4-11(14)16-13/h4-7H,1-3H3. The van der Waals surface area contributed by atoms with Gasteiger partial charge in [0, 0.05) is 11.8 Å². The first-order valence-corrected chi connectivity index (χ1v) is 5.86. The molecule has 5 nitrogen and oxygen atoms in total. The van der Waals surface area contributed by atoms with Crippen LogP contribution in [0.25, 0.3) is 11.4 Å². The third kappa shape index (κ3) is 2.71.